The third kappa shape index (κ3) is 1.58. The average Bonchev–Trinajstić information content (AvgIpc) is 2.34. The van der Waals surface area contributed by atoms with Crippen LogP contribution in [0.25, 0.3) is 0 Å². The topological polar surface area (TPSA) is 36.2 Å². The maximum absolute atomic E-state index is 11.4. The molecule has 0 aliphatic carbocycles. The Bertz CT molecular complexity index is 298. The molecule has 0 bridgehead atoms. The Hall–Kier alpha value is -1.03. The lowest BCUT2D eigenvalue weighted by molar-refractivity contribution is 0.127. The van der Waals surface area contributed by atoms with Crippen molar-refractivity contribution in [3.8, 4) is 0 Å². The van der Waals surface area contributed by atoms with Crippen LogP contribution in [0, 0.1) is 0 Å². The van der Waals surface area contributed by atoms with E-state index in [2.05, 4.69) is 0 Å². The second-order valence-corrected chi connectivity index (χ2v) is 2.97. The van der Waals surface area contributed by atoms with Crippen LogP contribution in [0.2, 0.25) is 0 Å². The highest BCUT2D eigenvalue weighted by Gasteiger charge is 2.04. The summed E-state index contributed by atoms with van der Waals surface area (Å²) in [6, 6.07) is 0.204. The largest absolute Gasteiger partial charge is 0.364 e. The molecule has 0 radical (unpaired) electrons. The van der Waals surface area contributed by atoms with Crippen LogP contribution in [0.3, 0.4) is 0 Å². The minimum atomic E-state index is -0.0214. The Morgan fingerprint density at radius 2 is 2.17 bits per heavy atom. The molecule has 12 heavy (non-hydrogen) atoms. The van der Waals surface area contributed by atoms with Crippen LogP contribution >= 0.6 is 0 Å². The number of imidazole rings is 1. The average molecular weight is 170 g/mol. The van der Waals surface area contributed by atoms with Gasteiger partial charge in [-0.25, -0.2) is 4.79 Å². The summed E-state index contributed by atoms with van der Waals surface area (Å²) >= 11 is 0. The van der Waals surface area contributed by atoms with E-state index in [1.54, 1.807) is 24.1 Å². The lowest BCUT2D eigenvalue weighted by atomic mass is 10.4. The van der Waals surface area contributed by atoms with Crippen molar-refractivity contribution in [3.05, 3.63) is 22.9 Å². The van der Waals surface area contributed by atoms with Gasteiger partial charge >= 0.3 is 5.69 Å². The molecular weight excluding hydrogens is 156 g/mol. The standard InChI is InChI=1S/C8H14N2O2/c1-7(2)10-5-4-9(6-12-3)8(10)11/h4-5,7H,6H2,1-3H3. The van der Waals surface area contributed by atoms with Crippen LogP contribution in [-0.2, 0) is 11.5 Å². The number of methoxy groups -OCH3 is 1. The van der Waals surface area contributed by atoms with Gasteiger partial charge in [0.25, 0.3) is 0 Å². The Labute approximate surface area is 71.4 Å². The van der Waals surface area contributed by atoms with Crippen molar-refractivity contribution in [2.75, 3.05) is 7.11 Å². The Balaban J connectivity index is 2.97. The molecule has 4 heteroatoms. The first-order valence-electron chi connectivity index (χ1n) is 3.93. The number of ether oxygens (including phenoxy) is 1. The van der Waals surface area contributed by atoms with E-state index in [0.717, 1.165) is 0 Å². The van der Waals surface area contributed by atoms with Gasteiger partial charge in [-0.1, -0.05) is 0 Å². The Morgan fingerprint density at radius 1 is 1.50 bits per heavy atom. The van der Waals surface area contributed by atoms with Crippen LogP contribution in [-0.4, -0.2) is 16.2 Å². The van der Waals surface area contributed by atoms with Crippen molar-refractivity contribution in [2.24, 2.45) is 0 Å². The molecule has 1 heterocycles. The van der Waals surface area contributed by atoms with Crippen molar-refractivity contribution in [3.63, 3.8) is 0 Å². The van der Waals surface area contributed by atoms with Crippen molar-refractivity contribution in [2.45, 2.75) is 26.6 Å². The van der Waals surface area contributed by atoms with Crippen LogP contribution < -0.4 is 5.69 Å². The number of hydrogen-bond acceptors (Lipinski definition) is 2. The first-order chi connectivity index (χ1) is 5.66. The van der Waals surface area contributed by atoms with E-state index in [-0.39, 0.29) is 11.7 Å². The number of aromatic nitrogens is 2. The summed E-state index contributed by atoms with van der Waals surface area (Å²) < 4.78 is 8.04. The molecule has 0 saturated heterocycles. The monoisotopic (exact) mass is 170 g/mol. The van der Waals surface area contributed by atoms with Gasteiger partial charge in [-0.05, 0) is 13.8 Å². The molecule has 68 valence electrons. The summed E-state index contributed by atoms with van der Waals surface area (Å²) in [6.07, 6.45) is 3.50. The zero-order valence-corrected chi connectivity index (χ0v) is 7.65. The summed E-state index contributed by atoms with van der Waals surface area (Å²) in [7, 11) is 1.57. The highest BCUT2D eigenvalue weighted by molar-refractivity contribution is 4.82. The highest BCUT2D eigenvalue weighted by Crippen LogP contribution is 1.98. The van der Waals surface area contributed by atoms with E-state index in [1.165, 1.54) is 4.57 Å². The number of nitrogens with zero attached hydrogens (tertiary/aromatic N) is 2. The minimum absolute atomic E-state index is 0.0214. The first kappa shape index (κ1) is 9.06. The van der Waals surface area contributed by atoms with Crippen molar-refractivity contribution in [1.82, 2.24) is 9.13 Å². The van der Waals surface area contributed by atoms with E-state index in [9.17, 15) is 4.79 Å². The fourth-order valence-electron chi connectivity index (χ4n) is 1.06. The zero-order valence-electron chi connectivity index (χ0n) is 7.65. The normalized spacial score (nSPS) is 11.0. The van der Waals surface area contributed by atoms with Gasteiger partial charge in [0.1, 0.15) is 6.73 Å². The lowest BCUT2D eigenvalue weighted by Crippen LogP contribution is -2.25. The molecule has 0 fully saturated rings. The summed E-state index contributed by atoms with van der Waals surface area (Å²) in [4.78, 5) is 11.4. The maximum atomic E-state index is 11.4. The lowest BCUT2D eigenvalue weighted by Gasteiger charge is -2.03. The third-order valence-electron chi connectivity index (χ3n) is 1.70. The fraction of sp³-hybridized carbons (Fsp3) is 0.625. The van der Waals surface area contributed by atoms with E-state index < -0.39 is 0 Å². The van der Waals surface area contributed by atoms with Gasteiger partial charge in [-0.15, -0.1) is 0 Å². The fourth-order valence-corrected chi connectivity index (χ4v) is 1.06. The van der Waals surface area contributed by atoms with E-state index in [4.69, 9.17) is 4.74 Å². The third-order valence-corrected chi connectivity index (χ3v) is 1.70. The smallest absolute Gasteiger partial charge is 0.330 e. The molecule has 1 aromatic heterocycles. The van der Waals surface area contributed by atoms with Gasteiger partial charge in [0, 0.05) is 25.5 Å². The van der Waals surface area contributed by atoms with E-state index in [1.807, 2.05) is 13.8 Å². The first-order valence-corrected chi connectivity index (χ1v) is 3.93. The summed E-state index contributed by atoms with van der Waals surface area (Å²) in [5.41, 5.74) is -0.0214. The number of hydrogen-bond donors (Lipinski definition) is 0. The SMILES string of the molecule is COCn1ccn(C(C)C)c1=O. The molecule has 0 amide bonds. The van der Waals surface area contributed by atoms with Crippen LogP contribution in [0.4, 0.5) is 0 Å². The van der Waals surface area contributed by atoms with Crippen molar-refractivity contribution < 1.29 is 4.74 Å². The number of rotatable bonds is 3. The summed E-state index contributed by atoms with van der Waals surface area (Å²) in [5.74, 6) is 0. The predicted octanol–water partition coefficient (Wildman–Crippen LogP) is 0.835. The molecule has 0 aliphatic heterocycles. The van der Waals surface area contributed by atoms with Crippen molar-refractivity contribution in [1.29, 1.82) is 0 Å². The summed E-state index contributed by atoms with van der Waals surface area (Å²) in [6.45, 7) is 4.26. The Morgan fingerprint density at radius 3 is 2.58 bits per heavy atom. The minimum Gasteiger partial charge on any atom is -0.364 e. The van der Waals surface area contributed by atoms with Gasteiger partial charge in [0.15, 0.2) is 0 Å². The van der Waals surface area contributed by atoms with Gasteiger partial charge in [-0.3, -0.25) is 9.13 Å². The molecule has 0 aliphatic rings. The molecule has 0 aromatic carbocycles. The molecule has 0 unspecified atom stereocenters. The van der Waals surface area contributed by atoms with Crippen LogP contribution in [0.15, 0.2) is 17.2 Å². The molecule has 0 saturated carbocycles. The van der Waals surface area contributed by atoms with Crippen LogP contribution in [0.1, 0.15) is 19.9 Å². The zero-order chi connectivity index (χ0) is 9.14. The second-order valence-electron chi connectivity index (χ2n) is 2.97. The van der Waals surface area contributed by atoms with Gasteiger partial charge in [0.05, 0.1) is 0 Å². The molecule has 0 N–H and O–H groups in total. The summed E-state index contributed by atoms with van der Waals surface area (Å²) in [5, 5.41) is 0. The molecule has 1 aromatic rings. The molecule has 4 nitrogen and oxygen atoms in total. The van der Waals surface area contributed by atoms with Crippen LogP contribution in [0.5, 0.6) is 0 Å². The Kier molecular flexibility index (Phi) is 2.70. The quantitative estimate of drug-likeness (QED) is 0.673. The van der Waals surface area contributed by atoms with Gasteiger partial charge in [0.2, 0.25) is 0 Å². The highest BCUT2D eigenvalue weighted by atomic mass is 16.5. The second kappa shape index (κ2) is 3.58. The van der Waals surface area contributed by atoms with Crippen molar-refractivity contribution >= 4 is 0 Å². The molecule has 0 spiro atoms. The van der Waals surface area contributed by atoms with E-state index >= 15 is 0 Å². The molecular formula is C8H14N2O2. The maximum Gasteiger partial charge on any atom is 0.330 e. The predicted molar refractivity (Wildman–Crippen MR) is 46.1 cm³/mol. The van der Waals surface area contributed by atoms with E-state index in [0.29, 0.717) is 6.73 Å². The molecule has 0 atom stereocenters. The van der Waals surface area contributed by atoms with Gasteiger partial charge in [-0.2, -0.15) is 0 Å². The van der Waals surface area contributed by atoms with Gasteiger partial charge < -0.3 is 4.74 Å². The molecule has 1 rings (SSSR count).